The number of hydrogen-bond donors (Lipinski definition) is 1. The van der Waals surface area contributed by atoms with E-state index >= 15 is 0 Å². The second kappa shape index (κ2) is 11.5. The van der Waals surface area contributed by atoms with E-state index in [1.165, 1.54) is 0 Å². The number of carbonyl (C=O) groups is 1. The number of likely N-dealkylation sites (N-methyl/N-ethyl adjacent to an activating group) is 1. The second-order valence-corrected chi connectivity index (χ2v) is 9.82. The molecule has 1 saturated heterocycles. The number of carbonyl (C=O) groups excluding carboxylic acids is 1. The van der Waals surface area contributed by atoms with Gasteiger partial charge in [-0.3, -0.25) is 14.6 Å². The number of aliphatic hydroxyl groups excluding tert-OH is 1. The number of alkyl halides is 2. The molecule has 1 amide bonds. The first-order valence-electron chi connectivity index (χ1n) is 12.5. The highest BCUT2D eigenvalue weighted by atomic mass is 19.3. The van der Waals surface area contributed by atoms with Crippen LogP contribution in [0.1, 0.15) is 39.9 Å². The molecule has 36 heavy (non-hydrogen) atoms. The van der Waals surface area contributed by atoms with Crippen LogP contribution in [0, 0.1) is 0 Å². The van der Waals surface area contributed by atoms with Crippen LogP contribution >= 0.6 is 0 Å². The lowest BCUT2D eigenvalue weighted by Gasteiger charge is -2.31. The number of benzene rings is 2. The van der Waals surface area contributed by atoms with Gasteiger partial charge in [-0.25, -0.2) is 8.78 Å². The molecule has 0 radical (unpaired) electrons. The molecule has 0 aromatic heterocycles. The van der Waals surface area contributed by atoms with E-state index in [-0.39, 0.29) is 25.3 Å². The summed E-state index contributed by atoms with van der Waals surface area (Å²) in [7, 11) is 1.94. The van der Waals surface area contributed by atoms with Crippen LogP contribution in [0.25, 0.3) is 6.08 Å². The van der Waals surface area contributed by atoms with E-state index in [0.717, 1.165) is 16.7 Å². The largest absolute Gasteiger partial charge is 0.491 e. The van der Waals surface area contributed by atoms with Crippen molar-refractivity contribution >= 4 is 12.0 Å². The third-order valence-electron chi connectivity index (χ3n) is 6.85. The molecule has 1 fully saturated rings. The van der Waals surface area contributed by atoms with Crippen molar-refractivity contribution in [3.8, 4) is 5.75 Å². The van der Waals surface area contributed by atoms with Gasteiger partial charge in [0.05, 0.1) is 18.2 Å². The molecule has 6 nitrogen and oxygen atoms in total. The van der Waals surface area contributed by atoms with Crippen molar-refractivity contribution in [2.24, 2.45) is 0 Å². The zero-order valence-corrected chi connectivity index (χ0v) is 20.8. The smallest absolute Gasteiger partial charge is 0.257 e. The van der Waals surface area contributed by atoms with Crippen molar-refractivity contribution in [2.45, 2.75) is 38.0 Å². The molecule has 0 aliphatic carbocycles. The van der Waals surface area contributed by atoms with Crippen LogP contribution in [0.3, 0.4) is 0 Å². The molecule has 2 aliphatic heterocycles. The number of rotatable bonds is 9. The lowest BCUT2D eigenvalue weighted by molar-refractivity contribution is -0.0566. The Morgan fingerprint density at radius 2 is 1.94 bits per heavy atom. The molecule has 0 unspecified atom stereocenters. The number of fused-ring (bicyclic) bond motifs is 1. The molecule has 1 atom stereocenters. The first-order chi connectivity index (χ1) is 17.2. The fraction of sp³-hybridized carbons (Fsp3) is 0.464. The molecule has 2 aromatic rings. The van der Waals surface area contributed by atoms with Crippen LogP contribution in [0.4, 0.5) is 8.78 Å². The molecule has 0 spiro atoms. The molecule has 0 saturated carbocycles. The summed E-state index contributed by atoms with van der Waals surface area (Å²) in [5.74, 6) is -2.24. The maximum atomic E-state index is 13.4. The van der Waals surface area contributed by atoms with Crippen LogP contribution in [0.2, 0.25) is 0 Å². The van der Waals surface area contributed by atoms with E-state index in [1.54, 1.807) is 11.0 Å². The SMILES string of the molecule is C=Cc1ccccc1CN(C)C[C@@H](O)CN1CCOc2cc(CN3CCC(F)(F)CC3)ccc2C1=O. The number of halogens is 2. The van der Waals surface area contributed by atoms with Gasteiger partial charge < -0.3 is 14.7 Å². The van der Waals surface area contributed by atoms with Crippen molar-refractivity contribution in [1.82, 2.24) is 14.7 Å². The Kier molecular flexibility index (Phi) is 8.39. The molecular weight excluding hydrogens is 464 g/mol. The number of piperidine rings is 1. The van der Waals surface area contributed by atoms with Gasteiger partial charge in [0.15, 0.2) is 0 Å². The van der Waals surface area contributed by atoms with Gasteiger partial charge in [-0.2, -0.15) is 0 Å². The van der Waals surface area contributed by atoms with Gasteiger partial charge in [0, 0.05) is 52.1 Å². The molecule has 1 N–H and O–H groups in total. The Hall–Kier alpha value is -2.81. The zero-order valence-electron chi connectivity index (χ0n) is 20.8. The van der Waals surface area contributed by atoms with Gasteiger partial charge in [0.1, 0.15) is 12.4 Å². The Bertz CT molecular complexity index is 1070. The highest BCUT2D eigenvalue weighted by Crippen LogP contribution is 2.30. The standard InChI is InChI=1S/C28H35F2N3O3/c1-3-22-6-4-5-7-23(22)18-31(2)19-24(34)20-33-14-15-36-26-16-21(8-9-25(26)27(33)35)17-32-12-10-28(29,30)11-13-32/h3-9,16,24,34H,1,10-15,17-20H2,2H3/t24-/m1/s1. The number of β-amino-alcohol motifs (C(OH)–C–C–N with tert-alkyl or cyclic N) is 1. The highest BCUT2D eigenvalue weighted by molar-refractivity contribution is 5.97. The average molecular weight is 500 g/mol. The van der Waals surface area contributed by atoms with Crippen LogP contribution in [0.15, 0.2) is 49.0 Å². The maximum Gasteiger partial charge on any atom is 0.257 e. The van der Waals surface area contributed by atoms with E-state index in [2.05, 4.69) is 6.58 Å². The monoisotopic (exact) mass is 499 g/mol. The molecule has 2 aromatic carbocycles. The van der Waals surface area contributed by atoms with E-state index in [0.29, 0.717) is 57.2 Å². The Labute approximate surface area is 211 Å². The lowest BCUT2D eigenvalue weighted by Crippen LogP contribution is -2.42. The summed E-state index contributed by atoms with van der Waals surface area (Å²) in [5.41, 5.74) is 3.58. The van der Waals surface area contributed by atoms with Gasteiger partial charge in [-0.15, -0.1) is 0 Å². The van der Waals surface area contributed by atoms with Crippen molar-refractivity contribution in [3.63, 3.8) is 0 Å². The molecule has 4 rings (SSSR count). The number of ether oxygens (including phenoxy) is 1. The predicted octanol–water partition coefficient (Wildman–Crippen LogP) is 3.89. The van der Waals surface area contributed by atoms with Crippen molar-refractivity contribution < 1.29 is 23.4 Å². The van der Waals surface area contributed by atoms with Gasteiger partial charge >= 0.3 is 0 Å². The Morgan fingerprint density at radius 3 is 2.69 bits per heavy atom. The van der Waals surface area contributed by atoms with E-state index in [4.69, 9.17) is 4.74 Å². The maximum absolute atomic E-state index is 13.4. The summed E-state index contributed by atoms with van der Waals surface area (Å²) in [6.45, 7) is 7.10. The number of amides is 1. The Balaban J connectivity index is 1.34. The normalized spacial score (nSPS) is 18.9. The first-order valence-corrected chi connectivity index (χ1v) is 12.5. The fourth-order valence-corrected chi connectivity index (χ4v) is 4.87. The topological polar surface area (TPSA) is 56.2 Å². The number of nitrogens with zero attached hydrogens (tertiary/aromatic N) is 3. The zero-order chi connectivity index (χ0) is 25.7. The van der Waals surface area contributed by atoms with Gasteiger partial charge in [0.25, 0.3) is 11.8 Å². The van der Waals surface area contributed by atoms with Gasteiger partial charge in [-0.05, 0) is 35.9 Å². The summed E-state index contributed by atoms with van der Waals surface area (Å²) < 4.78 is 32.8. The quantitative estimate of drug-likeness (QED) is 0.568. The van der Waals surface area contributed by atoms with Gasteiger partial charge in [0.2, 0.25) is 0 Å². The van der Waals surface area contributed by atoms with Gasteiger partial charge in [-0.1, -0.05) is 43.0 Å². The molecule has 0 bridgehead atoms. The Morgan fingerprint density at radius 1 is 1.19 bits per heavy atom. The summed E-state index contributed by atoms with van der Waals surface area (Å²) in [5, 5.41) is 10.7. The van der Waals surface area contributed by atoms with Crippen molar-refractivity contribution in [3.05, 3.63) is 71.3 Å². The molecule has 2 aliphatic rings. The second-order valence-electron chi connectivity index (χ2n) is 9.82. The van der Waals surface area contributed by atoms with Crippen LogP contribution < -0.4 is 4.74 Å². The van der Waals surface area contributed by atoms with Crippen molar-refractivity contribution in [1.29, 1.82) is 0 Å². The third-order valence-corrected chi connectivity index (χ3v) is 6.85. The molecule has 8 heteroatoms. The number of hydrogen-bond acceptors (Lipinski definition) is 5. The minimum Gasteiger partial charge on any atom is -0.491 e. The summed E-state index contributed by atoms with van der Waals surface area (Å²) in [6, 6.07) is 13.4. The first kappa shape index (κ1) is 26.3. The van der Waals surface area contributed by atoms with Crippen molar-refractivity contribution in [2.75, 3.05) is 46.4 Å². The minimum absolute atomic E-state index is 0.125. The number of likely N-dealkylation sites (tertiary alicyclic amines) is 1. The van der Waals surface area contributed by atoms with E-state index in [1.807, 2.05) is 59.3 Å². The molecule has 194 valence electrons. The van der Waals surface area contributed by atoms with Crippen LogP contribution in [-0.2, 0) is 13.1 Å². The number of aliphatic hydroxyl groups is 1. The van der Waals surface area contributed by atoms with E-state index in [9.17, 15) is 18.7 Å². The van der Waals surface area contributed by atoms with Crippen LogP contribution in [-0.4, -0.2) is 84.1 Å². The summed E-state index contributed by atoms with van der Waals surface area (Å²) in [6.07, 6.45) is 0.858. The fourth-order valence-electron chi connectivity index (χ4n) is 4.87. The summed E-state index contributed by atoms with van der Waals surface area (Å²) in [4.78, 5) is 18.9. The molecule has 2 heterocycles. The average Bonchev–Trinajstić information content (AvgIpc) is 2.99. The van der Waals surface area contributed by atoms with E-state index < -0.39 is 12.0 Å². The summed E-state index contributed by atoms with van der Waals surface area (Å²) >= 11 is 0. The third kappa shape index (κ3) is 6.69. The highest BCUT2D eigenvalue weighted by Gasteiger charge is 2.34. The minimum atomic E-state index is -2.57. The lowest BCUT2D eigenvalue weighted by atomic mass is 10.0. The predicted molar refractivity (Wildman–Crippen MR) is 136 cm³/mol. The van der Waals surface area contributed by atoms with Crippen LogP contribution in [0.5, 0.6) is 5.75 Å². The molecular formula is C28H35F2N3O3.